The number of allylic oxidation sites excluding steroid dienone is 1. The van der Waals surface area contributed by atoms with Gasteiger partial charge < -0.3 is 5.73 Å². The molecule has 1 aliphatic heterocycles. The van der Waals surface area contributed by atoms with Gasteiger partial charge in [0.1, 0.15) is 4.91 Å². The smallest absolute Gasteiger partial charge is 0.257 e. The topological polar surface area (TPSA) is 55.5 Å². The average molecular weight is 199 g/mol. The van der Waals surface area contributed by atoms with Crippen LogP contribution >= 0.6 is 30.0 Å². The number of carbonyl (C=O) groups excluding carboxylic acids is 1. The van der Waals surface area contributed by atoms with Crippen molar-refractivity contribution in [1.82, 2.24) is 0 Å². The van der Waals surface area contributed by atoms with Crippen LogP contribution < -0.4 is 5.73 Å². The largest absolute Gasteiger partial charge is 0.365 e. The minimum absolute atomic E-state index is 0.191. The minimum atomic E-state index is -2.29. The molecule has 0 aromatic rings. The first kappa shape index (κ1) is 7.91. The summed E-state index contributed by atoms with van der Waals surface area (Å²) >= 11 is 0. The SMILES string of the molecule is NC(=O)C1=CC=NS1(Cl)Cl. The molecule has 0 spiro atoms. The van der Waals surface area contributed by atoms with E-state index >= 15 is 0 Å². The van der Waals surface area contributed by atoms with E-state index in [0.29, 0.717) is 0 Å². The van der Waals surface area contributed by atoms with Crippen LogP contribution in [0.15, 0.2) is 15.4 Å². The van der Waals surface area contributed by atoms with Crippen molar-refractivity contribution in [2.24, 2.45) is 10.1 Å². The number of amides is 1. The van der Waals surface area contributed by atoms with E-state index in [-0.39, 0.29) is 4.91 Å². The molecule has 0 aliphatic carbocycles. The van der Waals surface area contributed by atoms with Crippen molar-refractivity contribution in [3.8, 4) is 0 Å². The summed E-state index contributed by atoms with van der Waals surface area (Å²) in [6.07, 6.45) is 2.81. The van der Waals surface area contributed by atoms with Crippen molar-refractivity contribution in [3.05, 3.63) is 11.0 Å². The highest BCUT2D eigenvalue weighted by atomic mass is 36.0. The number of hydrogen-bond acceptors (Lipinski definition) is 2. The summed E-state index contributed by atoms with van der Waals surface area (Å²) in [6, 6.07) is 0. The van der Waals surface area contributed by atoms with E-state index in [1.807, 2.05) is 0 Å². The summed E-state index contributed by atoms with van der Waals surface area (Å²) in [4.78, 5) is 10.7. The van der Waals surface area contributed by atoms with Gasteiger partial charge in [-0.05, 0) is 27.4 Å². The molecule has 1 heterocycles. The lowest BCUT2D eigenvalue weighted by atomic mass is 10.5. The van der Waals surface area contributed by atoms with Gasteiger partial charge in [-0.1, -0.05) is 0 Å². The van der Waals surface area contributed by atoms with E-state index in [4.69, 9.17) is 27.1 Å². The van der Waals surface area contributed by atoms with Crippen LogP contribution in [0.4, 0.5) is 0 Å². The molecule has 0 atom stereocenters. The molecule has 0 fully saturated rings. The fourth-order valence-corrected chi connectivity index (χ4v) is 2.35. The molecule has 1 rings (SSSR count). The molecule has 0 aromatic carbocycles. The van der Waals surface area contributed by atoms with E-state index in [1.54, 1.807) is 0 Å². The number of nitrogens with two attached hydrogens (primary N) is 1. The molecule has 3 nitrogen and oxygen atoms in total. The van der Waals surface area contributed by atoms with E-state index in [1.165, 1.54) is 12.3 Å². The predicted octanol–water partition coefficient (Wildman–Crippen LogP) is 1.47. The second-order valence-corrected chi connectivity index (χ2v) is 6.28. The number of hydrogen-bond donors (Lipinski definition) is 1. The van der Waals surface area contributed by atoms with Gasteiger partial charge in [-0.15, -0.1) is 0 Å². The third-order valence-corrected chi connectivity index (χ3v) is 3.66. The Morgan fingerprint density at radius 3 is 2.50 bits per heavy atom. The Balaban J connectivity index is 2.93. The molecule has 6 heteroatoms. The summed E-state index contributed by atoms with van der Waals surface area (Å²) < 4.78 is 3.67. The Morgan fingerprint density at radius 2 is 2.30 bits per heavy atom. The molecule has 0 saturated carbocycles. The van der Waals surface area contributed by atoms with Crippen molar-refractivity contribution >= 4 is 42.1 Å². The molecular formula is C4H4Cl2N2OS. The summed E-state index contributed by atoms with van der Waals surface area (Å²) in [6.45, 7) is 0. The van der Waals surface area contributed by atoms with Gasteiger partial charge in [-0.3, -0.25) is 4.79 Å². The lowest BCUT2D eigenvalue weighted by molar-refractivity contribution is -0.113. The summed E-state index contributed by atoms with van der Waals surface area (Å²) in [5, 5.41) is 0. The molecule has 0 bridgehead atoms. The lowest BCUT2D eigenvalue weighted by Crippen LogP contribution is -2.13. The van der Waals surface area contributed by atoms with E-state index in [2.05, 4.69) is 4.40 Å². The number of primary amides is 1. The maximum atomic E-state index is 10.5. The van der Waals surface area contributed by atoms with E-state index in [0.717, 1.165) is 0 Å². The Morgan fingerprint density at radius 1 is 1.70 bits per heavy atom. The first-order valence-corrected chi connectivity index (χ1v) is 5.56. The standard InChI is InChI=1S/C4H4Cl2N2OS/c5-10(6)3(4(7)9)1-2-8-10/h1-2H,(H2,7,9). The maximum Gasteiger partial charge on any atom is 0.257 e. The zero-order chi connectivity index (χ0) is 7.78. The molecule has 10 heavy (non-hydrogen) atoms. The predicted molar refractivity (Wildman–Crippen MR) is 45.1 cm³/mol. The Labute approximate surface area is 68.3 Å². The number of carbonyl (C=O) groups is 1. The number of halogens is 2. The molecule has 0 aromatic heterocycles. The normalized spacial score (nSPS) is 24.0. The fourth-order valence-electron chi connectivity index (χ4n) is 0.516. The van der Waals surface area contributed by atoms with Crippen molar-refractivity contribution in [2.45, 2.75) is 0 Å². The van der Waals surface area contributed by atoms with Crippen LogP contribution in [0.5, 0.6) is 0 Å². The molecule has 0 unspecified atom stereocenters. The van der Waals surface area contributed by atoms with Crippen molar-refractivity contribution in [1.29, 1.82) is 0 Å². The molecular weight excluding hydrogens is 195 g/mol. The van der Waals surface area contributed by atoms with Crippen molar-refractivity contribution in [2.75, 3.05) is 0 Å². The van der Waals surface area contributed by atoms with Gasteiger partial charge in [0, 0.05) is 14.9 Å². The van der Waals surface area contributed by atoms with Gasteiger partial charge >= 0.3 is 0 Å². The fraction of sp³-hybridized carbons (Fsp3) is 0. The van der Waals surface area contributed by atoms with Gasteiger partial charge in [0.25, 0.3) is 5.91 Å². The quantitative estimate of drug-likeness (QED) is 0.682. The van der Waals surface area contributed by atoms with Crippen LogP contribution in [0, 0.1) is 0 Å². The highest BCUT2D eigenvalue weighted by Crippen LogP contribution is 2.67. The van der Waals surface area contributed by atoms with Gasteiger partial charge in [-0.2, -0.15) is 0 Å². The molecule has 0 radical (unpaired) electrons. The molecule has 2 N–H and O–H groups in total. The average Bonchev–Trinajstić information content (AvgIpc) is 2.08. The van der Waals surface area contributed by atoms with Crippen molar-refractivity contribution < 1.29 is 4.79 Å². The molecule has 56 valence electrons. The second-order valence-electron chi connectivity index (χ2n) is 1.59. The van der Waals surface area contributed by atoms with Gasteiger partial charge in [-0.25, -0.2) is 4.40 Å². The van der Waals surface area contributed by atoms with Crippen LogP contribution in [-0.2, 0) is 4.79 Å². The lowest BCUT2D eigenvalue weighted by Gasteiger charge is -2.15. The highest BCUT2D eigenvalue weighted by Gasteiger charge is 2.29. The van der Waals surface area contributed by atoms with Crippen LogP contribution in [0.3, 0.4) is 0 Å². The third kappa shape index (κ3) is 1.28. The third-order valence-electron chi connectivity index (χ3n) is 0.927. The molecule has 1 aliphatic rings. The Bertz CT molecular complexity index is 235. The van der Waals surface area contributed by atoms with E-state index < -0.39 is 14.5 Å². The van der Waals surface area contributed by atoms with Crippen molar-refractivity contribution in [3.63, 3.8) is 0 Å². The van der Waals surface area contributed by atoms with Gasteiger partial charge in [0.15, 0.2) is 0 Å². The monoisotopic (exact) mass is 198 g/mol. The van der Waals surface area contributed by atoms with E-state index in [9.17, 15) is 4.79 Å². The van der Waals surface area contributed by atoms with Crippen LogP contribution in [0.25, 0.3) is 0 Å². The first-order chi connectivity index (χ1) is 4.54. The molecule has 0 saturated heterocycles. The van der Waals surface area contributed by atoms with Gasteiger partial charge in [0.2, 0.25) is 0 Å². The molecule has 1 amide bonds. The maximum absolute atomic E-state index is 10.5. The minimum Gasteiger partial charge on any atom is -0.365 e. The van der Waals surface area contributed by atoms with Gasteiger partial charge in [0.05, 0.1) is 0 Å². The number of nitrogens with zero attached hydrogens (tertiary/aromatic N) is 1. The summed E-state index contributed by atoms with van der Waals surface area (Å²) in [5.41, 5.74) is 4.94. The number of rotatable bonds is 1. The summed E-state index contributed by atoms with van der Waals surface area (Å²) in [7, 11) is 8.93. The Kier molecular flexibility index (Phi) is 1.94. The summed E-state index contributed by atoms with van der Waals surface area (Å²) in [5.74, 6) is -0.613. The zero-order valence-corrected chi connectivity index (χ0v) is 7.08. The first-order valence-electron chi connectivity index (χ1n) is 2.32. The highest BCUT2D eigenvalue weighted by molar-refractivity contribution is 8.68. The van der Waals surface area contributed by atoms with Crippen LogP contribution in [0.1, 0.15) is 0 Å². The van der Waals surface area contributed by atoms with Crippen LogP contribution in [-0.4, -0.2) is 12.1 Å². The zero-order valence-electron chi connectivity index (χ0n) is 4.75. The Hall–Kier alpha value is -0.190. The van der Waals surface area contributed by atoms with Crippen LogP contribution in [0.2, 0.25) is 0 Å². The second kappa shape index (κ2) is 2.45.